The number of amides is 1. The molecule has 1 aromatic rings. The van der Waals surface area contributed by atoms with Crippen molar-refractivity contribution in [2.24, 2.45) is 17.6 Å². The minimum atomic E-state index is -0.649. The predicted molar refractivity (Wildman–Crippen MR) is 102 cm³/mol. The van der Waals surface area contributed by atoms with Gasteiger partial charge in [-0.05, 0) is 44.2 Å². The quantitative estimate of drug-likeness (QED) is 0.381. The van der Waals surface area contributed by atoms with Gasteiger partial charge in [0, 0.05) is 24.0 Å². The second-order valence-corrected chi connectivity index (χ2v) is 6.91. The lowest BCUT2D eigenvalue weighted by Gasteiger charge is -2.29. The Balaban J connectivity index is 1.67. The summed E-state index contributed by atoms with van der Waals surface area (Å²) in [5, 5.41) is 13.9. The van der Waals surface area contributed by atoms with E-state index in [9.17, 15) is 4.79 Å². The van der Waals surface area contributed by atoms with Crippen molar-refractivity contribution in [3.05, 3.63) is 29.3 Å². The molecule has 0 spiro atoms. The number of halogens is 1. The van der Waals surface area contributed by atoms with Crippen LogP contribution in [0.2, 0.25) is 5.02 Å². The van der Waals surface area contributed by atoms with Crippen LogP contribution in [-0.4, -0.2) is 51.2 Å². The molecule has 2 rings (SSSR count). The van der Waals surface area contributed by atoms with Gasteiger partial charge in [-0.3, -0.25) is 10.2 Å². The number of hydrogen-bond donors (Lipinski definition) is 4. The van der Waals surface area contributed by atoms with Crippen molar-refractivity contribution in [3.63, 3.8) is 0 Å². The van der Waals surface area contributed by atoms with Crippen molar-refractivity contribution in [1.29, 1.82) is 5.41 Å². The first-order valence-corrected chi connectivity index (χ1v) is 9.13. The molecule has 0 radical (unpaired) electrons. The Morgan fingerprint density at radius 1 is 1.42 bits per heavy atom. The molecule has 3 atom stereocenters. The van der Waals surface area contributed by atoms with E-state index in [1.807, 2.05) is 12.1 Å². The van der Waals surface area contributed by atoms with Crippen LogP contribution in [0.15, 0.2) is 24.3 Å². The number of ether oxygens (including phenoxy) is 2. The molecule has 0 bridgehead atoms. The Bertz CT molecular complexity index is 589. The molecule has 1 heterocycles. The summed E-state index contributed by atoms with van der Waals surface area (Å²) in [7, 11) is 1.72. The molecule has 144 valence electrons. The largest absolute Gasteiger partial charge is 0.493 e. The third kappa shape index (κ3) is 6.48. The Hall–Kier alpha value is -1.83. The van der Waals surface area contributed by atoms with Crippen molar-refractivity contribution < 1.29 is 14.3 Å². The van der Waals surface area contributed by atoms with E-state index < -0.39 is 5.92 Å². The van der Waals surface area contributed by atoms with Gasteiger partial charge in [0.2, 0.25) is 5.91 Å². The van der Waals surface area contributed by atoms with Crippen LogP contribution in [0.3, 0.4) is 0 Å². The first-order valence-electron chi connectivity index (χ1n) is 8.75. The molecule has 1 aliphatic heterocycles. The smallest absolute Gasteiger partial charge is 0.232 e. The van der Waals surface area contributed by atoms with Crippen molar-refractivity contribution in [3.8, 4) is 5.75 Å². The molecule has 0 aliphatic carbocycles. The topological polar surface area (TPSA) is 109 Å². The molecule has 1 amide bonds. The van der Waals surface area contributed by atoms with Gasteiger partial charge in [0.1, 0.15) is 17.5 Å². The highest BCUT2D eigenvalue weighted by Gasteiger charge is 2.25. The molecule has 1 saturated heterocycles. The summed E-state index contributed by atoms with van der Waals surface area (Å²) in [5.41, 5.74) is 5.47. The SMILES string of the molecule is CNCC(C(=N)N)C(=O)NC[C@H]1CC[C@@H](COc2ccc(Cl)cc2)CO1. The van der Waals surface area contributed by atoms with E-state index in [0.717, 1.165) is 18.6 Å². The van der Waals surface area contributed by atoms with Gasteiger partial charge in [-0.2, -0.15) is 0 Å². The number of hydrogen-bond acceptors (Lipinski definition) is 5. The van der Waals surface area contributed by atoms with Crippen LogP contribution in [0.5, 0.6) is 5.75 Å². The molecule has 5 N–H and O–H groups in total. The van der Waals surface area contributed by atoms with Crippen LogP contribution in [0.4, 0.5) is 0 Å². The fourth-order valence-electron chi connectivity index (χ4n) is 2.78. The Kier molecular flexibility index (Phi) is 8.15. The van der Waals surface area contributed by atoms with Crippen LogP contribution in [0.1, 0.15) is 12.8 Å². The minimum Gasteiger partial charge on any atom is -0.493 e. The number of carbonyl (C=O) groups is 1. The number of nitrogens with one attached hydrogen (secondary N) is 3. The van der Waals surface area contributed by atoms with Gasteiger partial charge in [0.05, 0.1) is 19.3 Å². The van der Waals surface area contributed by atoms with Crippen LogP contribution in [0.25, 0.3) is 0 Å². The molecule has 1 aliphatic rings. The lowest BCUT2D eigenvalue weighted by Crippen LogP contribution is -2.46. The van der Waals surface area contributed by atoms with Gasteiger partial charge in [-0.25, -0.2) is 0 Å². The van der Waals surface area contributed by atoms with Crippen LogP contribution >= 0.6 is 11.6 Å². The van der Waals surface area contributed by atoms with Gasteiger partial charge in [-0.15, -0.1) is 0 Å². The van der Waals surface area contributed by atoms with E-state index in [2.05, 4.69) is 10.6 Å². The lowest BCUT2D eigenvalue weighted by molar-refractivity contribution is -0.124. The van der Waals surface area contributed by atoms with Crippen LogP contribution in [0, 0.1) is 17.2 Å². The first-order chi connectivity index (χ1) is 12.5. The van der Waals surface area contributed by atoms with Gasteiger partial charge < -0.3 is 25.8 Å². The Morgan fingerprint density at radius 3 is 2.73 bits per heavy atom. The maximum absolute atomic E-state index is 12.1. The summed E-state index contributed by atoms with van der Waals surface area (Å²) in [6.45, 7) is 1.96. The molecule has 1 fully saturated rings. The van der Waals surface area contributed by atoms with E-state index in [1.54, 1.807) is 19.2 Å². The lowest BCUT2D eigenvalue weighted by atomic mass is 9.99. The normalized spacial score (nSPS) is 21.0. The highest BCUT2D eigenvalue weighted by atomic mass is 35.5. The number of amidine groups is 1. The van der Waals surface area contributed by atoms with E-state index in [-0.39, 0.29) is 17.8 Å². The summed E-state index contributed by atoms with van der Waals surface area (Å²) in [4.78, 5) is 12.1. The average Bonchev–Trinajstić information content (AvgIpc) is 2.64. The number of carbonyl (C=O) groups excluding carboxylic acids is 1. The van der Waals surface area contributed by atoms with Gasteiger partial charge in [-0.1, -0.05) is 11.6 Å². The molecule has 0 saturated carbocycles. The van der Waals surface area contributed by atoms with E-state index in [1.165, 1.54) is 0 Å². The average molecular weight is 383 g/mol. The zero-order valence-electron chi connectivity index (χ0n) is 15.0. The Morgan fingerprint density at radius 2 is 2.15 bits per heavy atom. The van der Waals surface area contributed by atoms with Crippen LogP contribution in [-0.2, 0) is 9.53 Å². The maximum Gasteiger partial charge on any atom is 0.232 e. The molecule has 0 aromatic heterocycles. The summed E-state index contributed by atoms with van der Waals surface area (Å²) < 4.78 is 11.6. The third-order valence-corrected chi connectivity index (χ3v) is 4.62. The second kappa shape index (κ2) is 10.4. The van der Waals surface area contributed by atoms with Gasteiger partial charge >= 0.3 is 0 Å². The fraction of sp³-hybridized carbons (Fsp3) is 0.556. The van der Waals surface area contributed by atoms with Crippen molar-refractivity contribution in [1.82, 2.24) is 10.6 Å². The standard InChI is InChI=1S/C18H27ClN4O3/c1-22-9-16(17(20)21)18(24)23-8-15-5-2-12(11-26-15)10-25-14-6-3-13(19)4-7-14/h3-4,6-7,12,15-16,22H,2,5,8-11H2,1H3,(H3,20,21)(H,23,24)/t12-,15+,16?/m0/s1. The molecular weight excluding hydrogens is 356 g/mol. The van der Waals surface area contributed by atoms with E-state index in [0.29, 0.717) is 37.2 Å². The Labute approximate surface area is 159 Å². The summed E-state index contributed by atoms with van der Waals surface area (Å²) in [6, 6.07) is 7.30. The molecule has 7 nitrogen and oxygen atoms in total. The van der Waals surface area contributed by atoms with E-state index >= 15 is 0 Å². The highest BCUT2D eigenvalue weighted by molar-refractivity contribution is 6.30. The number of rotatable bonds is 9. The zero-order chi connectivity index (χ0) is 18.9. The fourth-order valence-corrected chi connectivity index (χ4v) is 2.91. The molecule has 1 aromatic carbocycles. The van der Waals surface area contributed by atoms with Gasteiger partial charge in [0.15, 0.2) is 0 Å². The zero-order valence-corrected chi connectivity index (χ0v) is 15.7. The van der Waals surface area contributed by atoms with Crippen LogP contribution < -0.4 is 21.1 Å². The molecule has 8 heteroatoms. The maximum atomic E-state index is 12.1. The van der Waals surface area contributed by atoms with E-state index in [4.69, 9.17) is 32.2 Å². The first kappa shape index (κ1) is 20.5. The number of benzene rings is 1. The summed E-state index contributed by atoms with van der Waals surface area (Å²) >= 11 is 5.86. The number of nitrogens with two attached hydrogens (primary N) is 1. The molecule has 1 unspecified atom stereocenters. The molecular formula is C18H27ClN4O3. The third-order valence-electron chi connectivity index (χ3n) is 4.37. The molecule has 26 heavy (non-hydrogen) atoms. The highest BCUT2D eigenvalue weighted by Crippen LogP contribution is 2.21. The second-order valence-electron chi connectivity index (χ2n) is 6.47. The van der Waals surface area contributed by atoms with Crippen molar-refractivity contribution in [2.75, 3.05) is 33.4 Å². The monoisotopic (exact) mass is 382 g/mol. The predicted octanol–water partition coefficient (Wildman–Crippen LogP) is 1.40. The van der Waals surface area contributed by atoms with Crippen molar-refractivity contribution >= 4 is 23.3 Å². The minimum absolute atomic E-state index is 0.0204. The van der Waals surface area contributed by atoms with Gasteiger partial charge in [0.25, 0.3) is 0 Å². The summed E-state index contributed by atoms with van der Waals surface area (Å²) in [6.07, 6.45) is 1.81. The summed E-state index contributed by atoms with van der Waals surface area (Å²) in [5.74, 6) is 0.0871. The van der Waals surface area contributed by atoms with Crippen molar-refractivity contribution in [2.45, 2.75) is 18.9 Å².